The Morgan fingerprint density at radius 2 is 1.86 bits per heavy atom. The Kier molecular flexibility index (Phi) is 3.93. The number of aromatic amines is 1. The standard InChI is InChI=1S/C15H10BrCl2N3/c16-11-6-2-5-10(13(11)18)14-12(15(19)21-20-14)8-3-1-4-9(17)7-8/h1-7H,(H3,19,20,21). The maximum Gasteiger partial charge on any atom is 0.153 e. The molecular formula is C15H10BrCl2N3. The van der Waals surface area contributed by atoms with E-state index in [0.29, 0.717) is 15.9 Å². The summed E-state index contributed by atoms with van der Waals surface area (Å²) in [7, 11) is 0. The zero-order valence-electron chi connectivity index (χ0n) is 10.7. The van der Waals surface area contributed by atoms with Crippen LogP contribution in [0, 0.1) is 0 Å². The Morgan fingerprint density at radius 3 is 2.62 bits per heavy atom. The second kappa shape index (κ2) is 5.72. The highest BCUT2D eigenvalue weighted by atomic mass is 79.9. The molecule has 0 radical (unpaired) electrons. The lowest BCUT2D eigenvalue weighted by molar-refractivity contribution is 1.10. The molecule has 0 aliphatic carbocycles. The number of hydrogen-bond acceptors (Lipinski definition) is 2. The number of benzene rings is 2. The summed E-state index contributed by atoms with van der Waals surface area (Å²) < 4.78 is 0.812. The number of nitrogens with zero attached hydrogens (tertiary/aromatic N) is 1. The number of aromatic nitrogens is 2. The molecule has 0 unspecified atom stereocenters. The maximum atomic E-state index is 6.37. The molecular weight excluding hydrogens is 373 g/mol. The molecule has 21 heavy (non-hydrogen) atoms. The number of anilines is 1. The summed E-state index contributed by atoms with van der Waals surface area (Å²) in [6.07, 6.45) is 0. The second-order valence-corrected chi connectivity index (χ2v) is 6.14. The number of nitrogens with one attached hydrogen (secondary N) is 1. The van der Waals surface area contributed by atoms with Gasteiger partial charge in [0.2, 0.25) is 0 Å². The van der Waals surface area contributed by atoms with E-state index in [4.69, 9.17) is 28.9 Å². The number of halogens is 3. The first-order chi connectivity index (χ1) is 10.1. The minimum Gasteiger partial charge on any atom is -0.382 e. The van der Waals surface area contributed by atoms with Crippen LogP contribution in [0.4, 0.5) is 5.82 Å². The maximum absolute atomic E-state index is 6.37. The second-order valence-electron chi connectivity index (χ2n) is 4.47. The first kappa shape index (κ1) is 14.4. The van der Waals surface area contributed by atoms with Gasteiger partial charge < -0.3 is 5.73 Å². The van der Waals surface area contributed by atoms with Gasteiger partial charge in [-0.15, -0.1) is 0 Å². The predicted molar refractivity (Wildman–Crippen MR) is 91.6 cm³/mol. The molecule has 106 valence electrons. The molecule has 3 rings (SSSR count). The van der Waals surface area contributed by atoms with Crippen molar-refractivity contribution in [2.24, 2.45) is 0 Å². The normalized spacial score (nSPS) is 10.8. The van der Waals surface area contributed by atoms with Crippen molar-refractivity contribution in [3.8, 4) is 22.4 Å². The summed E-state index contributed by atoms with van der Waals surface area (Å²) in [5.74, 6) is 0.406. The molecule has 3 nitrogen and oxygen atoms in total. The summed E-state index contributed by atoms with van der Waals surface area (Å²) >= 11 is 15.9. The van der Waals surface area contributed by atoms with Crippen LogP contribution in [-0.4, -0.2) is 10.2 Å². The van der Waals surface area contributed by atoms with E-state index >= 15 is 0 Å². The van der Waals surface area contributed by atoms with Crippen molar-refractivity contribution in [3.63, 3.8) is 0 Å². The van der Waals surface area contributed by atoms with E-state index in [9.17, 15) is 0 Å². The van der Waals surface area contributed by atoms with Crippen LogP contribution in [0.25, 0.3) is 22.4 Å². The van der Waals surface area contributed by atoms with Crippen LogP contribution in [0.3, 0.4) is 0 Å². The van der Waals surface area contributed by atoms with Crippen LogP contribution in [0.5, 0.6) is 0 Å². The topological polar surface area (TPSA) is 54.7 Å². The van der Waals surface area contributed by atoms with Crippen molar-refractivity contribution in [2.45, 2.75) is 0 Å². The first-order valence-electron chi connectivity index (χ1n) is 6.12. The first-order valence-corrected chi connectivity index (χ1v) is 7.67. The molecule has 0 aliphatic rings. The molecule has 1 aromatic heterocycles. The molecule has 0 bridgehead atoms. The number of rotatable bonds is 2. The molecule has 6 heteroatoms. The van der Waals surface area contributed by atoms with Gasteiger partial charge in [0.05, 0.1) is 16.3 Å². The number of H-pyrrole nitrogens is 1. The molecule has 2 aromatic carbocycles. The fraction of sp³-hybridized carbons (Fsp3) is 0. The molecule has 0 aliphatic heterocycles. The fourth-order valence-corrected chi connectivity index (χ4v) is 2.96. The molecule has 0 amide bonds. The zero-order chi connectivity index (χ0) is 15.0. The zero-order valence-corrected chi connectivity index (χ0v) is 13.8. The highest BCUT2D eigenvalue weighted by Gasteiger charge is 2.17. The van der Waals surface area contributed by atoms with Crippen LogP contribution >= 0.6 is 39.1 Å². The van der Waals surface area contributed by atoms with E-state index in [-0.39, 0.29) is 0 Å². The van der Waals surface area contributed by atoms with Crippen molar-refractivity contribution in [3.05, 3.63) is 57.0 Å². The fourth-order valence-electron chi connectivity index (χ4n) is 2.18. The van der Waals surface area contributed by atoms with Crippen molar-refractivity contribution in [2.75, 3.05) is 5.73 Å². The van der Waals surface area contributed by atoms with Gasteiger partial charge in [-0.2, -0.15) is 5.10 Å². The monoisotopic (exact) mass is 381 g/mol. The third kappa shape index (κ3) is 2.67. The van der Waals surface area contributed by atoms with Crippen LogP contribution < -0.4 is 5.73 Å². The SMILES string of the molecule is Nc1n[nH]c(-c2cccc(Br)c2Cl)c1-c1cccc(Cl)c1. The van der Waals surface area contributed by atoms with Crippen molar-refractivity contribution >= 4 is 44.9 Å². The van der Waals surface area contributed by atoms with Crippen LogP contribution in [0.1, 0.15) is 0 Å². The Hall–Kier alpha value is -1.49. The smallest absolute Gasteiger partial charge is 0.153 e. The van der Waals surface area contributed by atoms with Crippen molar-refractivity contribution < 1.29 is 0 Å². The number of nitrogen functional groups attached to an aromatic ring is 1. The quantitative estimate of drug-likeness (QED) is 0.623. The van der Waals surface area contributed by atoms with E-state index in [2.05, 4.69) is 26.1 Å². The summed E-state index contributed by atoms with van der Waals surface area (Å²) in [4.78, 5) is 0. The van der Waals surface area contributed by atoms with Gasteiger partial charge in [0, 0.05) is 15.1 Å². The molecule has 3 aromatic rings. The summed E-state index contributed by atoms with van der Waals surface area (Å²) in [6.45, 7) is 0. The molecule has 3 N–H and O–H groups in total. The summed E-state index contributed by atoms with van der Waals surface area (Å²) in [5, 5.41) is 8.30. The van der Waals surface area contributed by atoms with Gasteiger partial charge in [-0.25, -0.2) is 0 Å². The molecule has 0 fully saturated rings. The Morgan fingerprint density at radius 1 is 1.10 bits per heavy atom. The highest BCUT2D eigenvalue weighted by Crippen LogP contribution is 2.40. The van der Waals surface area contributed by atoms with E-state index < -0.39 is 0 Å². The lowest BCUT2D eigenvalue weighted by Gasteiger charge is -2.08. The molecule has 0 atom stereocenters. The molecule has 0 saturated carbocycles. The van der Waals surface area contributed by atoms with Crippen molar-refractivity contribution in [1.29, 1.82) is 0 Å². The van der Waals surface area contributed by atoms with Crippen LogP contribution in [-0.2, 0) is 0 Å². The number of hydrogen-bond donors (Lipinski definition) is 2. The number of nitrogens with two attached hydrogens (primary N) is 1. The third-order valence-corrected chi connectivity index (χ3v) is 4.66. The summed E-state index contributed by atoms with van der Waals surface area (Å²) in [6, 6.07) is 13.2. The minimum absolute atomic E-state index is 0.406. The van der Waals surface area contributed by atoms with Crippen LogP contribution in [0.2, 0.25) is 10.0 Å². The lowest BCUT2D eigenvalue weighted by atomic mass is 10.0. The van der Waals surface area contributed by atoms with Crippen LogP contribution in [0.15, 0.2) is 46.9 Å². The largest absolute Gasteiger partial charge is 0.382 e. The Balaban J connectivity index is 2.24. The Bertz CT molecular complexity index is 814. The van der Waals surface area contributed by atoms with Gasteiger partial charge in [0.15, 0.2) is 5.82 Å². The molecule has 1 heterocycles. The molecule has 0 spiro atoms. The average Bonchev–Trinajstić information content (AvgIpc) is 2.83. The lowest BCUT2D eigenvalue weighted by Crippen LogP contribution is -1.89. The molecule has 0 saturated heterocycles. The van der Waals surface area contributed by atoms with Gasteiger partial charge in [-0.1, -0.05) is 47.5 Å². The third-order valence-electron chi connectivity index (χ3n) is 3.13. The van der Waals surface area contributed by atoms with Crippen molar-refractivity contribution in [1.82, 2.24) is 10.2 Å². The van der Waals surface area contributed by atoms with Gasteiger partial charge in [-0.3, -0.25) is 5.10 Å². The van der Waals surface area contributed by atoms with Gasteiger partial charge in [0.1, 0.15) is 0 Å². The minimum atomic E-state index is 0.406. The van der Waals surface area contributed by atoms with E-state index in [0.717, 1.165) is 26.9 Å². The van der Waals surface area contributed by atoms with E-state index in [1.165, 1.54) is 0 Å². The van der Waals surface area contributed by atoms with E-state index in [1.54, 1.807) is 0 Å². The van der Waals surface area contributed by atoms with E-state index in [1.807, 2.05) is 42.5 Å². The summed E-state index contributed by atoms with van der Waals surface area (Å²) in [5.41, 5.74) is 9.28. The van der Waals surface area contributed by atoms with Gasteiger partial charge in [-0.05, 0) is 39.7 Å². The predicted octanol–water partition coefficient (Wildman–Crippen LogP) is 5.40. The van der Waals surface area contributed by atoms with Gasteiger partial charge >= 0.3 is 0 Å². The average molecular weight is 383 g/mol. The highest BCUT2D eigenvalue weighted by molar-refractivity contribution is 9.10. The van der Waals surface area contributed by atoms with Gasteiger partial charge in [0.25, 0.3) is 0 Å². The Labute approximate surface area is 140 Å².